The van der Waals surface area contributed by atoms with Gasteiger partial charge in [0.05, 0.1) is 21.5 Å². The lowest BCUT2D eigenvalue weighted by Gasteiger charge is -2.37. The summed E-state index contributed by atoms with van der Waals surface area (Å²) in [7, 11) is -4.09. The Labute approximate surface area is 207 Å². The van der Waals surface area contributed by atoms with E-state index in [-0.39, 0.29) is 15.2 Å². The Bertz CT molecular complexity index is 1420. The smallest absolute Gasteiger partial charge is 0.212 e. The fourth-order valence-electron chi connectivity index (χ4n) is 5.29. The van der Waals surface area contributed by atoms with Gasteiger partial charge in [-0.15, -0.1) is 0 Å². The Morgan fingerprint density at radius 1 is 1.03 bits per heavy atom. The van der Waals surface area contributed by atoms with Crippen molar-refractivity contribution in [1.29, 1.82) is 0 Å². The molecule has 2 heterocycles. The number of rotatable bonds is 6. The molecule has 4 rings (SSSR count). The van der Waals surface area contributed by atoms with Crippen molar-refractivity contribution >= 4 is 26.4 Å². The Morgan fingerprint density at radius 2 is 1.71 bits per heavy atom. The van der Waals surface area contributed by atoms with Gasteiger partial charge >= 0.3 is 0 Å². The van der Waals surface area contributed by atoms with E-state index in [0.717, 1.165) is 37.9 Å². The maximum atomic E-state index is 15.5. The van der Waals surface area contributed by atoms with Crippen molar-refractivity contribution in [1.82, 2.24) is 4.57 Å². The molecule has 0 radical (unpaired) electrons. The molecule has 1 aromatic heterocycles. The molecule has 3 aromatic rings. The second kappa shape index (κ2) is 9.76. The van der Waals surface area contributed by atoms with E-state index < -0.39 is 21.1 Å². The lowest BCUT2D eigenvalue weighted by Crippen LogP contribution is -2.39. The molecular weight excluding hydrogens is 463 g/mol. The molecule has 2 aromatic carbocycles. The second-order valence-corrected chi connectivity index (χ2v) is 12.2. The van der Waals surface area contributed by atoms with Gasteiger partial charge in [0.1, 0.15) is 10.7 Å². The van der Waals surface area contributed by atoms with Gasteiger partial charge in [-0.3, -0.25) is 4.79 Å². The van der Waals surface area contributed by atoms with Crippen molar-refractivity contribution in [3.8, 4) is 0 Å². The molecule has 35 heavy (non-hydrogen) atoms. The number of pyridine rings is 1. The molecule has 0 bridgehead atoms. The zero-order valence-corrected chi connectivity index (χ0v) is 22.1. The molecule has 1 aliphatic heterocycles. The minimum Gasteiger partial charge on any atom is -0.369 e. The van der Waals surface area contributed by atoms with E-state index in [1.54, 1.807) is 25.1 Å². The van der Waals surface area contributed by atoms with Gasteiger partial charge in [0.25, 0.3) is 0 Å². The van der Waals surface area contributed by atoms with Crippen molar-refractivity contribution in [3.05, 3.63) is 63.7 Å². The summed E-state index contributed by atoms with van der Waals surface area (Å²) in [6.07, 6.45) is 4.28. The molecule has 2 unspecified atom stereocenters. The first-order valence-corrected chi connectivity index (χ1v) is 13.9. The number of benzene rings is 2. The van der Waals surface area contributed by atoms with E-state index in [1.807, 2.05) is 17.6 Å². The summed E-state index contributed by atoms with van der Waals surface area (Å²) in [5.74, 6) is 0.404. The maximum absolute atomic E-state index is 15.5. The van der Waals surface area contributed by atoms with Gasteiger partial charge in [-0.1, -0.05) is 39.3 Å². The van der Waals surface area contributed by atoms with Crippen LogP contribution in [-0.2, 0) is 16.4 Å². The van der Waals surface area contributed by atoms with Gasteiger partial charge in [0.2, 0.25) is 15.3 Å². The molecule has 1 aliphatic rings. The summed E-state index contributed by atoms with van der Waals surface area (Å²) in [6.45, 7) is 12.0. The number of hydrogen-bond acceptors (Lipinski definition) is 4. The number of aromatic nitrogens is 1. The number of fused-ring (bicyclic) bond motifs is 1. The van der Waals surface area contributed by atoms with Gasteiger partial charge in [0.15, 0.2) is 0 Å². The molecule has 7 heteroatoms. The molecule has 0 N–H and O–H groups in total. The predicted molar refractivity (Wildman–Crippen MR) is 140 cm³/mol. The van der Waals surface area contributed by atoms with Gasteiger partial charge in [-0.05, 0) is 67.9 Å². The van der Waals surface area contributed by atoms with Crippen LogP contribution >= 0.6 is 0 Å². The predicted octanol–water partition coefficient (Wildman–Crippen LogP) is 5.87. The quantitative estimate of drug-likeness (QED) is 0.426. The zero-order chi connectivity index (χ0) is 25.5. The van der Waals surface area contributed by atoms with E-state index >= 15 is 4.39 Å². The number of aryl methyl sites for hydroxylation is 3. The van der Waals surface area contributed by atoms with Crippen molar-refractivity contribution in [2.45, 2.75) is 70.2 Å². The van der Waals surface area contributed by atoms with E-state index in [9.17, 15) is 13.2 Å². The first-order valence-electron chi connectivity index (χ1n) is 12.5. The van der Waals surface area contributed by atoms with E-state index in [0.29, 0.717) is 35.1 Å². The van der Waals surface area contributed by atoms with Crippen molar-refractivity contribution < 1.29 is 12.8 Å². The first-order chi connectivity index (χ1) is 16.5. The number of unbranched alkanes of at least 4 members (excludes halogenated alkanes) is 1. The third-order valence-electron chi connectivity index (χ3n) is 7.00. The minimum absolute atomic E-state index is 0.104. The lowest BCUT2D eigenvalue weighted by molar-refractivity contribution is 0.354. The number of hydrogen-bond donors (Lipinski definition) is 0. The van der Waals surface area contributed by atoms with E-state index in [1.165, 1.54) is 12.3 Å². The number of piperidine rings is 1. The van der Waals surface area contributed by atoms with Crippen LogP contribution in [0.4, 0.5) is 10.1 Å². The topological polar surface area (TPSA) is 59.4 Å². The van der Waals surface area contributed by atoms with Crippen LogP contribution in [0.2, 0.25) is 0 Å². The molecule has 1 fully saturated rings. The number of nitrogens with zero attached hydrogens (tertiary/aromatic N) is 2. The largest absolute Gasteiger partial charge is 0.369 e. The van der Waals surface area contributed by atoms with Gasteiger partial charge < -0.3 is 9.47 Å². The highest BCUT2D eigenvalue weighted by Gasteiger charge is 2.28. The highest BCUT2D eigenvalue weighted by Crippen LogP contribution is 2.32. The SMILES string of the molecule is CCCCn1cc(S(=O)(=O)c2cc(C)ccc2C)c(=O)c2cc(F)c(N3CC(C)CC(C)C3)cc21. The summed E-state index contributed by atoms with van der Waals surface area (Å²) in [5, 5.41) is 0.104. The average molecular weight is 499 g/mol. The van der Waals surface area contributed by atoms with Crippen molar-refractivity contribution in [3.63, 3.8) is 0 Å². The van der Waals surface area contributed by atoms with Crippen molar-refractivity contribution in [2.24, 2.45) is 11.8 Å². The third kappa shape index (κ3) is 4.88. The maximum Gasteiger partial charge on any atom is 0.212 e. The normalized spacial score (nSPS) is 18.9. The molecule has 0 spiro atoms. The third-order valence-corrected chi connectivity index (χ3v) is 8.89. The van der Waals surface area contributed by atoms with Crippen LogP contribution in [0.15, 0.2) is 51.1 Å². The van der Waals surface area contributed by atoms with Crippen LogP contribution in [0.1, 0.15) is 51.2 Å². The highest BCUT2D eigenvalue weighted by molar-refractivity contribution is 7.91. The zero-order valence-electron chi connectivity index (χ0n) is 21.3. The molecule has 2 atom stereocenters. The van der Waals surface area contributed by atoms with Crippen LogP contribution in [-0.4, -0.2) is 26.1 Å². The van der Waals surface area contributed by atoms with Gasteiger partial charge in [-0.2, -0.15) is 0 Å². The molecule has 0 amide bonds. The molecule has 0 aliphatic carbocycles. The summed E-state index contributed by atoms with van der Waals surface area (Å²) >= 11 is 0. The first kappa shape index (κ1) is 25.4. The Balaban J connectivity index is 1.94. The molecule has 188 valence electrons. The molecular formula is C28H35FN2O3S. The van der Waals surface area contributed by atoms with Crippen LogP contribution in [0.3, 0.4) is 0 Å². The second-order valence-electron chi connectivity index (χ2n) is 10.3. The fourth-order valence-corrected chi connectivity index (χ4v) is 6.98. The Kier molecular flexibility index (Phi) is 7.09. The lowest BCUT2D eigenvalue weighted by atomic mass is 9.91. The summed E-state index contributed by atoms with van der Waals surface area (Å²) in [4.78, 5) is 15.4. The fraction of sp³-hybridized carbons (Fsp3) is 0.464. The Hall–Kier alpha value is -2.67. The van der Waals surface area contributed by atoms with E-state index in [4.69, 9.17) is 0 Å². The number of anilines is 1. The molecule has 0 saturated carbocycles. The number of sulfone groups is 1. The summed E-state index contributed by atoms with van der Waals surface area (Å²) in [6, 6.07) is 8.15. The number of halogens is 1. The van der Waals surface area contributed by atoms with Crippen LogP contribution < -0.4 is 10.3 Å². The standard InChI is InChI=1S/C28H35FN2O3S/c1-6-7-10-30-17-27(35(33,34)26-12-18(2)8-9-21(26)5)28(32)22-13-23(29)25(14-24(22)30)31-15-19(3)11-20(4)16-31/h8-9,12-14,17,19-20H,6-7,10-11,15-16H2,1-5H3. The van der Waals surface area contributed by atoms with Crippen LogP contribution in [0, 0.1) is 31.5 Å². The monoisotopic (exact) mass is 498 g/mol. The Morgan fingerprint density at radius 3 is 2.37 bits per heavy atom. The van der Waals surface area contributed by atoms with Gasteiger partial charge in [0, 0.05) is 25.8 Å². The summed E-state index contributed by atoms with van der Waals surface area (Å²) < 4.78 is 44.6. The average Bonchev–Trinajstić information content (AvgIpc) is 2.79. The summed E-state index contributed by atoms with van der Waals surface area (Å²) in [5.41, 5.74) is 1.77. The van der Waals surface area contributed by atoms with Gasteiger partial charge in [-0.25, -0.2) is 12.8 Å². The van der Waals surface area contributed by atoms with Crippen LogP contribution in [0.25, 0.3) is 10.9 Å². The van der Waals surface area contributed by atoms with Crippen molar-refractivity contribution in [2.75, 3.05) is 18.0 Å². The molecule has 1 saturated heterocycles. The van der Waals surface area contributed by atoms with E-state index in [2.05, 4.69) is 25.7 Å². The molecule has 5 nitrogen and oxygen atoms in total. The minimum atomic E-state index is -4.09. The van der Waals surface area contributed by atoms with Crippen LogP contribution in [0.5, 0.6) is 0 Å². The highest BCUT2D eigenvalue weighted by atomic mass is 32.2.